The van der Waals surface area contributed by atoms with Gasteiger partial charge in [-0.1, -0.05) is 11.6 Å². The molecule has 0 atom stereocenters. The molecular formula is C9H12ClN3O3S. The Kier molecular flexibility index (Phi) is 3.84. The minimum absolute atomic E-state index is 0.158. The lowest BCUT2D eigenvalue weighted by molar-refractivity contribution is 0.248. The first-order valence-electron chi connectivity index (χ1n) is 4.58. The number of nitrogen functional groups attached to an aromatic ring is 1. The number of hydrogen-bond donors (Lipinski definition) is 3. The molecule has 0 unspecified atom stereocenters. The third kappa shape index (κ3) is 3.01. The van der Waals surface area contributed by atoms with Crippen molar-refractivity contribution in [3.63, 3.8) is 0 Å². The van der Waals surface area contributed by atoms with Gasteiger partial charge in [0.15, 0.2) is 0 Å². The van der Waals surface area contributed by atoms with Crippen molar-refractivity contribution in [1.82, 2.24) is 10.0 Å². The van der Waals surface area contributed by atoms with Crippen LogP contribution in [0.15, 0.2) is 17.0 Å². The topological polar surface area (TPSA) is 101 Å². The van der Waals surface area contributed by atoms with Crippen LogP contribution in [0, 0.1) is 6.92 Å². The summed E-state index contributed by atoms with van der Waals surface area (Å²) in [6.07, 6.45) is 0. The number of carbonyl (C=O) groups excluding carboxylic acids is 1. The van der Waals surface area contributed by atoms with Crippen LogP contribution >= 0.6 is 11.6 Å². The number of nitrogens with one attached hydrogen (secondary N) is 2. The number of rotatable bonds is 2. The number of benzene rings is 1. The summed E-state index contributed by atoms with van der Waals surface area (Å²) in [6.45, 7) is 1.67. The van der Waals surface area contributed by atoms with E-state index in [-0.39, 0.29) is 15.6 Å². The third-order valence-electron chi connectivity index (χ3n) is 2.12. The molecule has 0 aliphatic rings. The van der Waals surface area contributed by atoms with E-state index >= 15 is 0 Å². The highest BCUT2D eigenvalue weighted by Crippen LogP contribution is 2.25. The molecule has 0 fully saturated rings. The Morgan fingerprint density at radius 1 is 1.41 bits per heavy atom. The van der Waals surface area contributed by atoms with E-state index in [0.717, 1.165) is 0 Å². The lowest BCUT2D eigenvalue weighted by Gasteiger charge is -2.09. The van der Waals surface area contributed by atoms with Gasteiger partial charge in [0.2, 0.25) is 0 Å². The minimum atomic E-state index is -3.96. The summed E-state index contributed by atoms with van der Waals surface area (Å²) in [7, 11) is -2.65. The molecule has 1 aromatic rings. The van der Waals surface area contributed by atoms with Crippen molar-refractivity contribution in [3.05, 3.63) is 22.7 Å². The SMILES string of the molecule is CNC(=O)NS(=O)(=O)c1cc(N)c(C)c(Cl)c1. The van der Waals surface area contributed by atoms with Gasteiger partial charge in [-0.2, -0.15) is 0 Å². The molecule has 0 saturated heterocycles. The summed E-state index contributed by atoms with van der Waals surface area (Å²) in [6, 6.07) is 1.64. The van der Waals surface area contributed by atoms with Crippen molar-refractivity contribution < 1.29 is 13.2 Å². The molecule has 0 bridgehead atoms. The number of amides is 2. The zero-order valence-electron chi connectivity index (χ0n) is 9.24. The first-order valence-corrected chi connectivity index (χ1v) is 6.44. The zero-order chi connectivity index (χ0) is 13.2. The van der Waals surface area contributed by atoms with Crippen molar-refractivity contribution in [2.45, 2.75) is 11.8 Å². The number of hydrogen-bond acceptors (Lipinski definition) is 4. The summed E-state index contributed by atoms with van der Waals surface area (Å²) in [5, 5.41) is 2.36. The fraction of sp³-hybridized carbons (Fsp3) is 0.222. The molecule has 0 saturated carbocycles. The van der Waals surface area contributed by atoms with Crippen molar-refractivity contribution >= 4 is 33.3 Å². The molecule has 2 amide bonds. The van der Waals surface area contributed by atoms with Crippen LogP contribution in [0.25, 0.3) is 0 Å². The van der Waals surface area contributed by atoms with E-state index in [2.05, 4.69) is 5.32 Å². The van der Waals surface area contributed by atoms with Crippen LogP contribution in [-0.4, -0.2) is 21.5 Å². The largest absolute Gasteiger partial charge is 0.398 e. The molecule has 4 N–H and O–H groups in total. The average Bonchev–Trinajstić information content (AvgIpc) is 2.24. The van der Waals surface area contributed by atoms with Gasteiger partial charge >= 0.3 is 6.03 Å². The zero-order valence-corrected chi connectivity index (χ0v) is 10.8. The van der Waals surface area contributed by atoms with Crippen molar-refractivity contribution in [2.75, 3.05) is 12.8 Å². The predicted octanol–water partition coefficient (Wildman–Crippen LogP) is 0.848. The second-order valence-electron chi connectivity index (χ2n) is 3.30. The molecule has 1 aromatic carbocycles. The molecule has 94 valence electrons. The number of urea groups is 1. The maximum Gasteiger partial charge on any atom is 0.328 e. The van der Waals surface area contributed by atoms with Gasteiger partial charge < -0.3 is 11.1 Å². The van der Waals surface area contributed by atoms with Crippen LogP contribution in [0.2, 0.25) is 5.02 Å². The highest BCUT2D eigenvalue weighted by Gasteiger charge is 2.18. The van der Waals surface area contributed by atoms with E-state index < -0.39 is 16.1 Å². The first kappa shape index (κ1) is 13.6. The van der Waals surface area contributed by atoms with Crippen LogP contribution in [0.5, 0.6) is 0 Å². The van der Waals surface area contributed by atoms with Crippen LogP contribution in [0.3, 0.4) is 0 Å². The van der Waals surface area contributed by atoms with Gasteiger partial charge in [0.05, 0.1) is 4.90 Å². The second-order valence-corrected chi connectivity index (χ2v) is 5.39. The minimum Gasteiger partial charge on any atom is -0.398 e. The maximum atomic E-state index is 11.7. The van der Waals surface area contributed by atoms with Gasteiger partial charge in [0.1, 0.15) is 0 Å². The van der Waals surface area contributed by atoms with E-state index in [0.29, 0.717) is 5.56 Å². The molecule has 0 heterocycles. The number of halogens is 1. The monoisotopic (exact) mass is 277 g/mol. The van der Waals surface area contributed by atoms with Crippen molar-refractivity contribution in [3.8, 4) is 0 Å². The fourth-order valence-electron chi connectivity index (χ4n) is 1.06. The van der Waals surface area contributed by atoms with E-state index in [4.69, 9.17) is 17.3 Å². The van der Waals surface area contributed by atoms with E-state index in [1.165, 1.54) is 19.2 Å². The van der Waals surface area contributed by atoms with Crippen LogP contribution in [0.1, 0.15) is 5.56 Å². The highest BCUT2D eigenvalue weighted by atomic mass is 35.5. The second kappa shape index (κ2) is 4.80. The Hall–Kier alpha value is -1.47. The van der Waals surface area contributed by atoms with Gasteiger partial charge in [-0.15, -0.1) is 0 Å². The quantitative estimate of drug-likeness (QED) is 0.698. The third-order valence-corrected chi connectivity index (χ3v) is 3.83. The standard InChI is InChI=1S/C9H12ClN3O3S/c1-5-7(10)3-6(4-8(5)11)17(15,16)13-9(14)12-2/h3-4H,11H2,1-2H3,(H2,12,13,14). The molecule has 1 rings (SSSR count). The maximum absolute atomic E-state index is 11.7. The molecule has 8 heteroatoms. The number of sulfonamides is 1. The summed E-state index contributed by atoms with van der Waals surface area (Å²) < 4.78 is 25.3. The van der Waals surface area contributed by atoms with E-state index in [1.807, 2.05) is 0 Å². The average molecular weight is 278 g/mol. The lowest BCUT2D eigenvalue weighted by atomic mass is 10.2. The molecule has 0 aliphatic carbocycles. The van der Waals surface area contributed by atoms with Crippen LogP contribution in [0.4, 0.5) is 10.5 Å². The number of carbonyl (C=O) groups is 1. The Morgan fingerprint density at radius 3 is 2.47 bits per heavy atom. The van der Waals surface area contributed by atoms with Crippen LogP contribution in [-0.2, 0) is 10.0 Å². The fourth-order valence-corrected chi connectivity index (χ4v) is 2.37. The van der Waals surface area contributed by atoms with Gasteiger partial charge in [-0.3, -0.25) is 0 Å². The van der Waals surface area contributed by atoms with Gasteiger partial charge in [0.25, 0.3) is 10.0 Å². The lowest BCUT2D eigenvalue weighted by Crippen LogP contribution is -2.37. The molecule has 0 radical (unpaired) electrons. The molecule has 17 heavy (non-hydrogen) atoms. The Morgan fingerprint density at radius 2 is 2.00 bits per heavy atom. The Balaban J connectivity index is 3.21. The first-order chi connectivity index (χ1) is 7.77. The van der Waals surface area contributed by atoms with Gasteiger partial charge in [-0.25, -0.2) is 17.9 Å². The number of nitrogens with two attached hydrogens (primary N) is 1. The van der Waals surface area contributed by atoms with Crippen molar-refractivity contribution in [2.24, 2.45) is 0 Å². The molecule has 0 aromatic heterocycles. The summed E-state index contributed by atoms with van der Waals surface area (Å²) in [4.78, 5) is 10.8. The van der Waals surface area contributed by atoms with Gasteiger partial charge in [0, 0.05) is 17.8 Å². The molecular weight excluding hydrogens is 266 g/mol. The molecule has 0 spiro atoms. The van der Waals surface area contributed by atoms with Gasteiger partial charge in [-0.05, 0) is 24.6 Å². The summed E-state index contributed by atoms with van der Waals surface area (Å²) in [5.74, 6) is 0. The van der Waals surface area contributed by atoms with Crippen molar-refractivity contribution in [1.29, 1.82) is 0 Å². The summed E-state index contributed by atoms with van der Waals surface area (Å²) >= 11 is 5.82. The number of anilines is 1. The molecule has 6 nitrogen and oxygen atoms in total. The smallest absolute Gasteiger partial charge is 0.328 e. The van der Waals surface area contributed by atoms with E-state index in [9.17, 15) is 13.2 Å². The van der Waals surface area contributed by atoms with E-state index in [1.54, 1.807) is 11.6 Å². The Bertz CT molecular complexity index is 534. The Labute approximate surface area is 104 Å². The summed E-state index contributed by atoms with van der Waals surface area (Å²) in [5.41, 5.74) is 6.44. The highest BCUT2D eigenvalue weighted by molar-refractivity contribution is 7.90. The normalized spacial score (nSPS) is 11.0. The predicted molar refractivity (Wildman–Crippen MR) is 65.4 cm³/mol. The molecule has 0 aliphatic heterocycles. The van der Waals surface area contributed by atoms with Crippen LogP contribution < -0.4 is 15.8 Å².